The Morgan fingerprint density at radius 1 is 1.09 bits per heavy atom. The van der Waals surface area contributed by atoms with Crippen LogP contribution in [0.4, 0.5) is 5.00 Å². The van der Waals surface area contributed by atoms with E-state index < -0.39 is 5.97 Å². The summed E-state index contributed by atoms with van der Waals surface area (Å²) in [5, 5.41) is 0.606. The second kappa shape index (κ2) is 5.93. The molecule has 0 unspecified atom stereocenters. The Morgan fingerprint density at radius 2 is 1.73 bits per heavy atom. The fourth-order valence-corrected chi connectivity index (χ4v) is 4.01. The van der Waals surface area contributed by atoms with Gasteiger partial charge in [-0.15, -0.1) is 11.3 Å². The van der Waals surface area contributed by atoms with Gasteiger partial charge in [-0.2, -0.15) is 0 Å². The molecule has 5 heteroatoms. The lowest BCUT2D eigenvalue weighted by Gasteiger charge is -2.12. The van der Waals surface area contributed by atoms with Crippen LogP contribution >= 0.6 is 11.3 Å². The smallest absolute Gasteiger partial charge is 0.337 e. The van der Waals surface area contributed by atoms with Crippen molar-refractivity contribution in [3.63, 3.8) is 0 Å². The number of nitrogen functional groups attached to an aromatic ring is 1. The number of ether oxygens (including phenoxy) is 1. The van der Waals surface area contributed by atoms with Gasteiger partial charge in [0.25, 0.3) is 0 Å². The first-order valence-electron chi connectivity index (χ1n) is 7.25. The third kappa shape index (κ3) is 2.52. The minimum atomic E-state index is -0.411. The molecule has 22 heavy (non-hydrogen) atoms. The van der Waals surface area contributed by atoms with Crippen molar-refractivity contribution < 1.29 is 14.3 Å². The Morgan fingerprint density at radius 3 is 2.41 bits per heavy atom. The lowest BCUT2D eigenvalue weighted by Crippen LogP contribution is -2.09. The number of rotatable bonds is 3. The molecule has 2 aromatic rings. The first-order chi connectivity index (χ1) is 10.6. The van der Waals surface area contributed by atoms with Crippen LogP contribution in [-0.4, -0.2) is 18.9 Å². The number of anilines is 1. The number of aryl methyl sites for hydroxylation is 1. The topological polar surface area (TPSA) is 69.4 Å². The van der Waals surface area contributed by atoms with Crippen LogP contribution in [0.15, 0.2) is 24.3 Å². The molecule has 114 valence electrons. The van der Waals surface area contributed by atoms with Crippen molar-refractivity contribution in [2.24, 2.45) is 0 Å². The molecule has 0 amide bonds. The van der Waals surface area contributed by atoms with E-state index in [0.29, 0.717) is 21.7 Å². The largest absolute Gasteiger partial charge is 0.465 e. The number of thiophene rings is 1. The van der Waals surface area contributed by atoms with Gasteiger partial charge in [-0.3, -0.25) is 4.79 Å². The van der Waals surface area contributed by atoms with E-state index in [0.717, 1.165) is 31.2 Å². The Balaban J connectivity index is 1.94. The van der Waals surface area contributed by atoms with Gasteiger partial charge in [0.05, 0.1) is 23.2 Å². The van der Waals surface area contributed by atoms with Crippen LogP contribution in [0.3, 0.4) is 0 Å². The van der Waals surface area contributed by atoms with Crippen molar-refractivity contribution in [2.75, 3.05) is 12.8 Å². The first-order valence-corrected chi connectivity index (χ1v) is 8.06. The fraction of sp³-hybridized carbons (Fsp3) is 0.294. The predicted octanol–water partition coefficient (Wildman–Crippen LogP) is 3.23. The highest BCUT2D eigenvalue weighted by Gasteiger charge is 2.24. The van der Waals surface area contributed by atoms with E-state index in [1.165, 1.54) is 23.3 Å². The highest BCUT2D eigenvalue weighted by molar-refractivity contribution is 7.16. The number of fused-ring (bicyclic) bond motifs is 1. The van der Waals surface area contributed by atoms with Crippen LogP contribution in [-0.2, 0) is 17.6 Å². The zero-order valence-corrected chi connectivity index (χ0v) is 13.2. The second-order valence-electron chi connectivity index (χ2n) is 5.35. The van der Waals surface area contributed by atoms with Crippen molar-refractivity contribution in [3.05, 3.63) is 51.4 Å². The van der Waals surface area contributed by atoms with E-state index >= 15 is 0 Å². The molecule has 0 bridgehead atoms. The van der Waals surface area contributed by atoms with Crippen LogP contribution in [0.5, 0.6) is 0 Å². The summed E-state index contributed by atoms with van der Waals surface area (Å²) in [6.07, 6.45) is 4.20. The number of nitrogens with two attached hydrogens (primary N) is 1. The van der Waals surface area contributed by atoms with E-state index in [1.807, 2.05) is 0 Å². The van der Waals surface area contributed by atoms with Gasteiger partial charge in [0, 0.05) is 10.4 Å². The lowest BCUT2D eigenvalue weighted by atomic mass is 9.92. The number of ketones is 1. The minimum absolute atomic E-state index is 0.0617. The molecule has 1 heterocycles. The van der Waals surface area contributed by atoms with E-state index in [2.05, 4.69) is 4.74 Å². The average Bonchev–Trinajstić information content (AvgIpc) is 2.89. The summed E-state index contributed by atoms with van der Waals surface area (Å²) in [7, 11) is 1.33. The molecule has 0 saturated carbocycles. The molecular formula is C17H17NO3S. The van der Waals surface area contributed by atoms with Crippen molar-refractivity contribution in [1.29, 1.82) is 0 Å². The number of benzene rings is 1. The van der Waals surface area contributed by atoms with Crippen molar-refractivity contribution in [2.45, 2.75) is 25.7 Å². The van der Waals surface area contributed by atoms with E-state index in [9.17, 15) is 9.59 Å². The van der Waals surface area contributed by atoms with Gasteiger partial charge in [0.2, 0.25) is 0 Å². The van der Waals surface area contributed by atoms with Gasteiger partial charge in [-0.05, 0) is 43.4 Å². The summed E-state index contributed by atoms with van der Waals surface area (Å²) in [6.45, 7) is 0. The summed E-state index contributed by atoms with van der Waals surface area (Å²) >= 11 is 1.53. The first kappa shape index (κ1) is 14.8. The van der Waals surface area contributed by atoms with E-state index in [4.69, 9.17) is 5.73 Å². The third-order valence-corrected chi connectivity index (χ3v) is 5.11. The van der Waals surface area contributed by atoms with Crippen molar-refractivity contribution >= 4 is 28.1 Å². The minimum Gasteiger partial charge on any atom is -0.465 e. The highest BCUT2D eigenvalue weighted by atomic mass is 32.1. The molecule has 2 N–H and O–H groups in total. The third-order valence-electron chi connectivity index (χ3n) is 3.99. The summed E-state index contributed by atoms with van der Waals surface area (Å²) in [4.78, 5) is 25.5. The second-order valence-corrected chi connectivity index (χ2v) is 6.48. The van der Waals surface area contributed by atoms with Crippen LogP contribution in [0.1, 0.15) is 49.6 Å². The van der Waals surface area contributed by atoms with Gasteiger partial charge in [0.1, 0.15) is 0 Å². The molecule has 1 aliphatic rings. The number of esters is 1. The van der Waals surface area contributed by atoms with Crippen LogP contribution < -0.4 is 5.73 Å². The summed E-state index contributed by atoms with van der Waals surface area (Å²) in [6, 6.07) is 6.52. The molecule has 1 aromatic heterocycles. The Kier molecular flexibility index (Phi) is 3.98. The van der Waals surface area contributed by atoms with Gasteiger partial charge in [-0.1, -0.05) is 12.1 Å². The van der Waals surface area contributed by atoms with Gasteiger partial charge in [0.15, 0.2) is 5.78 Å². The maximum Gasteiger partial charge on any atom is 0.337 e. The monoisotopic (exact) mass is 315 g/mol. The molecule has 0 aliphatic heterocycles. The number of carbonyl (C=O) groups is 2. The van der Waals surface area contributed by atoms with Crippen molar-refractivity contribution in [1.82, 2.24) is 0 Å². The maximum atomic E-state index is 12.8. The molecule has 4 nitrogen and oxygen atoms in total. The maximum absolute atomic E-state index is 12.8. The summed E-state index contributed by atoms with van der Waals surface area (Å²) < 4.78 is 4.66. The molecule has 0 spiro atoms. The average molecular weight is 315 g/mol. The van der Waals surface area contributed by atoms with Gasteiger partial charge in [-0.25, -0.2) is 4.79 Å². The zero-order valence-electron chi connectivity index (χ0n) is 12.3. The molecular weight excluding hydrogens is 298 g/mol. The normalized spacial score (nSPS) is 13.5. The molecule has 0 saturated heterocycles. The van der Waals surface area contributed by atoms with Crippen LogP contribution in [0.2, 0.25) is 0 Å². The molecule has 0 fully saturated rings. The fourth-order valence-electron chi connectivity index (χ4n) is 2.86. The van der Waals surface area contributed by atoms with Gasteiger partial charge >= 0.3 is 5.97 Å². The van der Waals surface area contributed by atoms with Gasteiger partial charge < -0.3 is 10.5 Å². The summed E-state index contributed by atoms with van der Waals surface area (Å²) in [5.74, 6) is -0.472. The number of hydrogen-bond donors (Lipinski definition) is 1. The molecule has 1 aliphatic carbocycles. The standard InChI is InChI=1S/C17H17NO3S/c1-21-17(20)11-8-6-10(7-9-11)15(19)14-12-4-2-3-5-13(12)22-16(14)18/h6-9H,2-5,18H2,1H3. The SMILES string of the molecule is COC(=O)c1ccc(C(=O)c2c(N)sc3c2CCCC3)cc1. The Labute approximate surface area is 132 Å². The Bertz CT molecular complexity index is 731. The zero-order chi connectivity index (χ0) is 15.7. The predicted molar refractivity (Wildman–Crippen MR) is 86.6 cm³/mol. The van der Waals surface area contributed by atoms with E-state index in [1.54, 1.807) is 24.3 Å². The highest BCUT2D eigenvalue weighted by Crippen LogP contribution is 2.37. The molecule has 1 aromatic carbocycles. The number of carbonyl (C=O) groups excluding carboxylic acids is 2. The van der Waals surface area contributed by atoms with Crippen LogP contribution in [0.25, 0.3) is 0 Å². The quantitative estimate of drug-likeness (QED) is 0.697. The van der Waals surface area contributed by atoms with Crippen molar-refractivity contribution in [3.8, 4) is 0 Å². The number of hydrogen-bond acceptors (Lipinski definition) is 5. The summed E-state index contributed by atoms with van der Waals surface area (Å²) in [5.41, 5.74) is 8.84. The van der Waals surface area contributed by atoms with E-state index in [-0.39, 0.29) is 5.78 Å². The molecule has 0 radical (unpaired) electrons. The molecule has 0 atom stereocenters. The Hall–Kier alpha value is -2.14. The lowest BCUT2D eigenvalue weighted by molar-refractivity contribution is 0.0600. The number of methoxy groups -OCH3 is 1. The molecule has 3 rings (SSSR count). The van der Waals surface area contributed by atoms with Crippen LogP contribution in [0, 0.1) is 0 Å².